The Bertz CT molecular complexity index is 975. The van der Waals surface area contributed by atoms with Gasteiger partial charge in [0.1, 0.15) is 0 Å². The van der Waals surface area contributed by atoms with Crippen LogP contribution in [0.2, 0.25) is 5.82 Å². The largest absolute Gasteiger partial charge is 0.286 e. The van der Waals surface area contributed by atoms with Crippen LogP contribution in [0.25, 0.3) is 0 Å². The van der Waals surface area contributed by atoms with Crippen molar-refractivity contribution in [3.63, 3.8) is 0 Å². The molecule has 0 spiro atoms. The van der Waals surface area contributed by atoms with Gasteiger partial charge in [-0.1, -0.05) is 51.4 Å². The molecule has 17 atom stereocenters. The molecule has 5 saturated heterocycles. The summed E-state index contributed by atoms with van der Waals surface area (Å²) < 4.78 is 0. The van der Waals surface area contributed by atoms with Crippen LogP contribution in [0.3, 0.4) is 0 Å². The Morgan fingerprint density at radius 1 is 0.333 bits per heavy atom. The molecule has 233 valence electrons. The molecule has 9 aliphatic rings. The highest BCUT2D eigenvalue weighted by molar-refractivity contribution is 6.94. The maximum atomic E-state index is 6.60. The maximum absolute atomic E-state index is 6.60. The van der Waals surface area contributed by atoms with E-state index in [0.29, 0.717) is 84.5 Å². The molecule has 10 heteroatoms. The minimum absolute atomic E-state index is 0.286. The van der Waals surface area contributed by atoms with E-state index < -0.39 is 0 Å². The molecule has 0 aromatic heterocycles. The Hall–Kier alpha value is 0.0349. The van der Waals surface area contributed by atoms with Gasteiger partial charge in [0.15, 0.2) is 0 Å². The summed E-state index contributed by atoms with van der Waals surface area (Å²) in [6, 6.07) is 0. The molecule has 8 nitrogen and oxygen atoms in total. The third kappa shape index (κ3) is 4.77. The smallest absolute Gasteiger partial charge is 0.242 e. The monoisotopic (exact) mass is 597 g/mol. The summed E-state index contributed by atoms with van der Waals surface area (Å²) in [6.07, 6.45) is 23.1. The highest BCUT2D eigenvalue weighted by atomic mass is 35.5. The van der Waals surface area contributed by atoms with Crippen LogP contribution in [-0.2, 0) is 0 Å². The average Bonchev–Trinajstić information content (AvgIpc) is 3.76. The van der Waals surface area contributed by atoms with Crippen LogP contribution in [0, 0.1) is 47.3 Å². The van der Waals surface area contributed by atoms with Crippen molar-refractivity contribution in [3.8, 4) is 0 Å². The second-order valence-corrected chi connectivity index (χ2v) is 16.2. The first kappa shape index (κ1) is 28.3. The summed E-state index contributed by atoms with van der Waals surface area (Å²) in [7, 11) is 0. The minimum atomic E-state index is 0.286. The quantitative estimate of drug-likeness (QED) is 0.219. The maximum Gasteiger partial charge on any atom is 0.242 e. The molecule has 5 heterocycles. The lowest BCUT2D eigenvalue weighted by atomic mass is 9.62. The van der Waals surface area contributed by atoms with Crippen molar-refractivity contribution in [1.29, 1.82) is 0 Å². The molecule has 8 N–H and O–H groups in total. The van der Waals surface area contributed by atoms with Crippen molar-refractivity contribution in [1.82, 2.24) is 42.5 Å². The van der Waals surface area contributed by atoms with Crippen molar-refractivity contribution in [3.05, 3.63) is 0 Å². The fourth-order valence-electron chi connectivity index (χ4n) is 12.3. The molecule has 8 bridgehead atoms. The van der Waals surface area contributed by atoms with Gasteiger partial charge < -0.3 is 0 Å². The van der Waals surface area contributed by atoms with Gasteiger partial charge in [0.25, 0.3) is 0 Å². The summed E-state index contributed by atoms with van der Waals surface area (Å²) in [5, 5.41) is 33.7. The zero-order valence-electron chi connectivity index (χ0n) is 25.4. The van der Waals surface area contributed by atoms with Gasteiger partial charge in [0, 0.05) is 0 Å². The second kappa shape index (κ2) is 11.7. The predicted octanol–water partition coefficient (Wildman–Crippen LogP) is 2.86. The molecule has 9 fully saturated rings. The Kier molecular flexibility index (Phi) is 7.86. The lowest BCUT2D eigenvalue weighted by Crippen LogP contribution is -2.61. The first-order valence-corrected chi connectivity index (χ1v) is 18.7. The highest BCUT2D eigenvalue weighted by Crippen LogP contribution is 2.48. The summed E-state index contributed by atoms with van der Waals surface area (Å²) in [5.74, 6) is 5.89. The fraction of sp³-hybridized carbons (Fsp3) is 1.00. The van der Waals surface area contributed by atoms with Gasteiger partial charge in [0.2, 0.25) is 6.69 Å². The Labute approximate surface area is 259 Å². The number of fused-ring (bicyclic) bond motifs is 20. The van der Waals surface area contributed by atoms with E-state index in [0.717, 1.165) is 11.8 Å². The SMILES string of the molecule is Cl[B]C1CCCC2C3NC4NC(NC5NC(NC6NC(NC(N3)C12)C1CCCCC61)C1CCCCC51)C1CCCCC41. The molecule has 4 aliphatic carbocycles. The highest BCUT2D eigenvalue weighted by Gasteiger charge is 2.55. The van der Waals surface area contributed by atoms with E-state index in [1.165, 1.54) is 96.3 Å². The number of hydrogen-bond donors (Lipinski definition) is 8. The van der Waals surface area contributed by atoms with Gasteiger partial charge in [-0.05, 0) is 98.1 Å². The first-order valence-electron chi connectivity index (χ1n) is 18.3. The summed E-state index contributed by atoms with van der Waals surface area (Å²) in [4.78, 5) is 0. The topological polar surface area (TPSA) is 96.2 Å². The Balaban J connectivity index is 1.06. The third-order valence-electron chi connectivity index (χ3n) is 14.1. The molecule has 42 heavy (non-hydrogen) atoms. The van der Waals surface area contributed by atoms with Crippen LogP contribution < -0.4 is 42.5 Å². The van der Waals surface area contributed by atoms with Crippen LogP contribution in [0.1, 0.15) is 96.3 Å². The van der Waals surface area contributed by atoms with Crippen molar-refractivity contribution in [2.24, 2.45) is 47.3 Å². The lowest BCUT2D eigenvalue weighted by molar-refractivity contribution is 0.168. The average molecular weight is 598 g/mol. The molecule has 0 aromatic carbocycles. The van der Waals surface area contributed by atoms with Crippen molar-refractivity contribution in [2.75, 3.05) is 0 Å². The first-order chi connectivity index (χ1) is 20.7. The van der Waals surface area contributed by atoms with E-state index >= 15 is 0 Å². The standard InChI is InChI=1S/C32H55BClN8/c34-33-23-15-7-14-22-24(23)32-41-30-21-13-6-5-12-20(21)28(39-30)37-26-17-9-2-1-8-16(17)25(35-26)36-27-18-10-3-4-11-19(18)29(38-27)40-31(22)42-32/h16-32,35-42H,1-15H2. The van der Waals surface area contributed by atoms with Gasteiger partial charge in [-0.25, -0.2) is 11.5 Å². The van der Waals surface area contributed by atoms with Gasteiger partial charge in [-0.3, -0.25) is 42.5 Å². The van der Waals surface area contributed by atoms with E-state index in [4.69, 9.17) is 11.5 Å². The molecular weight excluding hydrogens is 543 g/mol. The molecule has 17 unspecified atom stereocenters. The summed E-state index contributed by atoms with van der Waals surface area (Å²) in [6.45, 7) is 2.02. The number of hydrogen-bond acceptors (Lipinski definition) is 8. The molecule has 0 aromatic rings. The van der Waals surface area contributed by atoms with Gasteiger partial charge in [-0.15, -0.1) is 0 Å². The number of nitrogens with one attached hydrogen (secondary N) is 8. The Morgan fingerprint density at radius 3 is 0.952 bits per heavy atom. The van der Waals surface area contributed by atoms with E-state index in [2.05, 4.69) is 42.5 Å². The van der Waals surface area contributed by atoms with Crippen molar-refractivity contribution >= 4 is 18.2 Å². The Morgan fingerprint density at radius 2 is 0.619 bits per heavy atom. The van der Waals surface area contributed by atoms with E-state index in [1.54, 1.807) is 0 Å². The van der Waals surface area contributed by atoms with Gasteiger partial charge >= 0.3 is 0 Å². The van der Waals surface area contributed by atoms with E-state index in [9.17, 15) is 0 Å². The number of halogens is 1. The molecule has 5 aliphatic heterocycles. The van der Waals surface area contributed by atoms with Crippen molar-refractivity contribution < 1.29 is 0 Å². The molecule has 1 radical (unpaired) electrons. The predicted molar refractivity (Wildman–Crippen MR) is 168 cm³/mol. The van der Waals surface area contributed by atoms with E-state index in [1.807, 2.05) is 6.69 Å². The second-order valence-electron chi connectivity index (χ2n) is 16.0. The lowest BCUT2D eigenvalue weighted by Gasteiger charge is -2.38. The van der Waals surface area contributed by atoms with Gasteiger partial charge in [0.05, 0.1) is 49.3 Å². The molecular formula is C32H55BClN8. The zero-order chi connectivity index (χ0) is 27.8. The van der Waals surface area contributed by atoms with Crippen LogP contribution in [0.4, 0.5) is 0 Å². The normalized spacial score (nSPS) is 57.1. The molecule has 9 rings (SSSR count). The summed E-state index contributed by atoms with van der Waals surface area (Å²) in [5.41, 5.74) is 0. The van der Waals surface area contributed by atoms with Crippen LogP contribution in [0.5, 0.6) is 0 Å². The van der Waals surface area contributed by atoms with E-state index in [-0.39, 0.29) is 6.17 Å². The van der Waals surface area contributed by atoms with Gasteiger partial charge in [-0.2, -0.15) is 0 Å². The van der Waals surface area contributed by atoms with Crippen LogP contribution >= 0.6 is 11.5 Å². The third-order valence-corrected chi connectivity index (χ3v) is 14.4. The van der Waals surface area contributed by atoms with Crippen LogP contribution in [-0.4, -0.2) is 56.0 Å². The zero-order valence-corrected chi connectivity index (χ0v) is 26.1. The molecule has 0 amide bonds. The summed E-state index contributed by atoms with van der Waals surface area (Å²) >= 11 is 6.60. The fourth-order valence-corrected chi connectivity index (χ4v) is 12.5. The van der Waals surface area contributed by atoms with Crippen molar-refractivity contribution in [2.45, 2.75) is 151 Å². The molecule has 4 saturated carbocycles. The number of rotatable bonds is 1. The van der Waals surface area contributed by atoms with Crippen LogP contribution in [0.15, 0.2) is 0 Å². The minimum Gasteiger partial charge on any atom is -0.286 e.